The van der Waals surface area contributed by atoms with E-state index in [1.54, 1.807) is 5.32 Å². The van der Waals surface area contributed by atoms with Crippen LogP contribution in [0.1, 0.15) is 0 Å². The van der Waals surface area contributed by atoms with E-state index in [1.807, 2.05) is 0 Å². The average molecular weight is 298 g/mol. The highest BCUT2D eigenvalue weighted by Gasteiger charge is 2.38. The zero-order valence-corrected chi connectivity index (χ0v) is 10.3. The lowest BCUT2D eigenvalue weighted by Crippen LogP contribution is -2.38. The normalized spacial score (nSPS) is 11.2. The highest BCUT2D eigenvalue weighted by atomic mass is 35.5. The summed E-state index contributed by atoms with van der Waals surface area (Å²) in [5.74, 6) is -1.89. The minimum atomic E-state index is -4.92. The summed E-state index contributed by atoms with van der Waals surface area (Å²) in [6.45, 7) is -0.532. The van der Waals surface area contributed by atoms with E-state index in [2.05, 4.69) is 0 Å². The van der Waals surface area contributed by atoms with Gasteiger partial charge in [0.25, 0.3) is 0 Å². The molecule has 9 heteroatoms. The third-order valence-corrected chi connectivity index (χ3v) is 2.26. The lowest BCUT2D eigenvalue weighted by molar-refractivity contribution is -0.173. The van der Waals surface area contributed by atoms with Gasteiger partial charge in [0.2, 0.25) is 0 Å². The second kappa shape index (κ2) is 5.87. The number of carbonyl (C=O) groups is 1. The Balaban J connectivity index is 2.49. The Bertz CT molecular complexity index is 480. The number of carbonyl (C=O) groups excluding carboxylic acids is 1. The molecule has 0 heterocycles. The number of rotatable bonds is 4. The van der Waals surface area contributed by atoms with Crippen LogP contribution in [-0.2, 0) is 4.79 Å². The van der Waals surface area contributed by atoms with Crippen LogP contribution in [0.25, 0.3) is 0 Å². The molecule has 0 aliphatic carbocycles. The molecule has 5 N–H and O–H groups in total. The molecule has 0 aromatic heterocycles. The Labute approximate surface area is 111 Å². The van der Waals surface area contributed by atoms with E-state index >= 15 is 0 Å². The molecule has 0 radical (unpaired) electrons. The highest BCUT2D eigenvalue weighted by Crippen LogP contribution is 2.31. The molecular formula is C10H11ClF3N3O2. The molecule has 0 bridgehead atoms. The molecule has 0 unspecified atom stereocenters. The molecule has 0 atom stereocenters. The Morgan fingerprint density at radius 1 is 1.37 bits per heavy atom. The third kappa shape index (κ3) is 4.40. The third-order valence-electron chi connectivity index (χ3n) is 2.04. The molecule has 0 saturated carbocycles. The van der Waals surface area contributed by atoms with Crippen LogP contribution in [0.3, 0.4) is 0 Å². The van der Waals surface area contributed by atoms with Gasteiger partial charge in [-0.05, 0) is 6.07 Å². The molecule has 0 fully saturated rings. The van der Waals surface area contributed by atoms with Gasteiger partial charge in [0.1, 0.15) is 12.4 Å². The van der Waals surface area contributed by atoms with Crippen LogP contribution < -0.4 is 21.5 Å². The Morgan fingerprint density at radius 3 is 2.58 bits per heavy atom. The van der Waals surface area contributed by atoms with Gasteiger partial charge in [-0.3, -0.25) is 4.79 Å². The maximum atomic E-state index is 11.9. The van der Waals surface area contributed by atoms with Gasteiger partial charge in [-0.2, -0.15) is 13.2 Å². The van der Waals surface area contributed by atoms with Crippen LogP contribution in [0.5, 0.6) is 5.75 Å². The molecule has 0 spiro atoms. The summed E-state index contributed by atoms with van der Waals surface area (Å²) in [6, 6.07) is 2.79. The van der Waals surface area contributed by atoms with Crippen LogP contribution in [-0.4, -0.2) is 25.2 Å². The van der Waals surface area contributed by atoms with E-state index in [1.165, 1.54) is 12.1 Å². The van der Waals surface area contributed by atoms with Crippen LogP contribution in [0.15, 0.2) is 12.1 Å². The van der Waals surface area contributed by atoms with Gasteiger partial charge < -0.3 is 21.5 Å². The standard InChI is InChI=1S/C10H11ClF3N3O2/c11-5-3-6(15)8(16)7(4-5)19-2-1-17-9(18)10(12,13)14/h3-4H,1-2,15-16H2,(H,17,18). The van der Waals surface area contributed by atoms with Gasteiger partial charge in [-0.15, -0.1) is 0 Å². The SMILES string of the molecule is Nc1cc(Cl)cc(OCCNC(=O)C(F)(F)F)c1N. The number of hydrogen-bond acceptors (Lipinski definition) is 4. The van der Waals surface area contributed by atoms with Crippen molar-refractivity contribution in [2.24, 2.45) is 0 Å². The first kappa shape index (κ1) is 15.2. The molecule has 5 nitrogen and oxygen atoms in total. The van der Waals surface area contributed by atoms with Gasteiger partial charge >= 0.3 is 12.1 Å². The summed E-state index contributed by atoms with van der Waals surface area (Å²) < 4.78 is 40.7. The molecule has 0 aliphatic rings. The highest BCUT2D eigenvalue weighted by molar-refractivity contribution is 6.31. The quantitative estimate of drug-likeness (QED) is 0.581. The van der Waals surface area contributed by atoms with Crippen molar-refractivity contribution in [2.75, 3.05) is 24.6 Å². The van der Waals surface area contributed by atoms with Crippen LogP contribution >= 0.6 is 11.6 Å². The number of benzene rings is 1. The van der Waals surface area contributed by atoms with E-state index < -0.39 is 12.1 Å². The number of nitrogens with two attached hydrogens (primary N) is 2. The van der Waals surface area contributed by atoms with Gasteiger partial charge in [-0.1, -0.05) is 11.6 Å². The summed E-state index contributed by atoms with van der Waals surface area (Å²) in [5, 5.41) is 1.93. The van der Waals surface area contributed by atoms with Crippen molar-refractivity contribution in [2.45, 2.75) is 6.18 Å². The van der Waals surface area contributed by atoms with Gasteiger partial charge in [0.15, 0.2) is 0 Å². The second-order valence-corrected chi connectivity index (χ2v) is 3.95. The summed E-state index contributed by atoms with van der Waals surface area (Å²) in [6.07, 6.45) is -4.92. The topological polar surface area (TPSA) is 90.4 Å². The number of alkyl halides is 3. The lowest BCUT2D eigenvalue weighted by Gasteiger charge is -2.12. The summed E-state index contributed by atoms with van der Waals surface area (Å²) in [7, 11) is 0. The number of halogens is 4. The van der Waals surface area contributed by atoms with Crippen molar-refractivity contribution in [1.29, 1.82) is 0 Å². The largest absolute Gasteiger partial charge is 0.489 e. The van der Waals surface area contributed by atoms with Gasteiger partial charge in [-0.25, -0.2) is 0 Å². The maximum Gasteiger partial charge on any atom is 0.471 e. The zero-order valence-electron chi connectivity index (χ0n) is 9.55. The van der Waals surface area contributed by atoms with Crippen molar-refractivity contribution in [3.05, 3.63) is 17.2 Å². The van der Waals surface area contributed by atoms with E-state index in [4.69, 9.17) is 27.8 Å². The molecule has 106 valence electrons. The summed E-state index contributed by atoms with van der Waals surface area (Å²) >= 11 is 5.71. The summed E-state index contributed by atoms with van der Waals surface area (Å²) in [4.78, 5) is 10.5. The smallest absolute Gasteiger partial charge is 0.471 e. The molecule has 0 saturated heterocycles. The maximum absolute atomic E-state index is 11.9. The van der Waals surface area contributed by atoms with Crippen molar-refractivity contribution in [1.82, 2.24) is 5.32 Å². The zero-order chi connectivity index (χ0) is 14.6. The minimum Gasteiger partial charge on any atom is -0.489 e. The predicted octanol–water partition coefficient (Wildman–Crippen LogP) is 1.56. The predicted molar refractivity (Wildman–Crippen MR) is 64.8 cm³/mol. The van der Waals surface area contributed by atoms with Gasteiger partial charge in [0, 0.05) is 11.1 Å². The summed E-state index contributed by atoms with van der Waals surface area (Å²) in [5.41, 5.74) is 11.4. The van der Waals surface area contributed by atoms with Crippen molar-refractivity contribution in [3.63, 3.8) is 0 Å². The fourth-order valence-corrected chi connectivity index (χ4v) is 1.38. The second-order valence-electron chi connectivity index (χ2n) is 3.51. The lowest BCUT2D eigenvalue weighted by atomic mass is 10.2. The molecule has 0 aliphatic heterocycles. The number of anilines is 2. The fourth-order valence-electron chi connectivity index (χ4n) is 1.16. The van der Waals surface area contributed by atoms with E-state index in [0.717, 1.165) is 0 Å². The Kier molecular flexibility index (Phi) is 4.71. The monoisotopic (exact) mass is 297 g/mol. The average Bonchev–Trinajstić information content (AvgIpc) is 2.28. The van der Waals surface area contributed by atoms with Crippen LogP contribution in [0.2, 0.25) is 5.02 Å². The molecule has 1 aromatic rings. The fraction of sp³-hybridized carbons (Fsp3) is 0.300. The van der Waals surface area contributed by atoms with E-state index in [9.17, 15) is 18.0 Å². The van der Waals surface area contributed by atoms with Crippen molar-refractivity contribution in [3.8, 4) is 5.75 Å². The molecule has 1 amide bonds. The number of ether oxygens (including phenoxy) is 1. The Hall–Kier alpha value is -1.83. The van der Waals surface area contributed by atoms with Crippen LogP contribution in [0.4, 0.5) is 24.5 Å². The first-order valence-electron chi connectivity index (χ1n) is 5.04. The van der Waals surface area contributed by atoms with Crippen molar-refractivity contribution < 1.29 is 22.7 Å². The molecule has 1 rings (SSSR count). The molecule has 19 heavy (non-hydrogen) atoms. The Morgan fingerprint density at radius 2 is 2.00 bits per heavy atom. The van der Waals surface area contributed by atoms with E-state index in [-0.39, 0.29) is 35.3 Å². The molecular weight excluding hydrogens is 287 g/mol. The first-order chi connectivity index (χ1) is 8.71. The van der Waals surface area contributed by atoms with Crippen molar-refractivity contribution >= 4 is 28.9 Å². The first-order valence-corrected chi connectivity index (χ1v) is 5.42. The van der Waals surface area contributed by atoms with Gasteiger partial charge in [0.05, 0.1) is 17.9 Å². The number of nitrogens with one attached hydrogen (secondary N) is 1. The number of amides is 1. The van der Waals surface area contributed by atoms with E-state index in [0.29, 0.717) is 0 Å². The number of hydrogen-bond donors (Lipinski definition) is 3. The molecule has 1 aromatic carbocycles. The minimum absolute atomic E-state index is 0.131. The van der Waals surface area contributed by atoms with Crippen LogP contribution in [0, 0.1) is 0 Å². The number of nitrogen functional groups attached to an aromatic ring is 2.